The van der Waals surface area contributed by atoms with Crippen LogP contribution in [0, 0.1) is 10.1 Å². The maximum atomic E-state index is 12.2. The molecular formula is C18H21N3O5S. The van der Waals surface area contributed by atoms with Crippen molar-refractivity contribution in [2.75, 3.05) is 39.5 Å². The zero-order valence-electron chi connectivity index (χ0n) is 14.7. The summed E-state index contributed by atoms with van der Waals surface area (Å²) in [5.41, 5.74) is -0.157. The first-order valence-corrected chi connectivity index (χ1v) is 9.51. The summed E-state index contributed by atoms with van der Waals surface area (Å²) >= 11 is 1.65. The normalized spacial score (nSPS) is 15.9. The van der Waals surface area contributed by atoms with Gasteiger partial charge < -0.3 is 14.8 Å². The highest BCUT2D eigenvalue weighted by Crippen LogP contribution is 2.26. The fourth-order valence-corrected chi connectivity index (χ4v) is 3.78. The van der Waals surface area contributed by atoms with Crippen molar-refractivity contribution in [1.29, 1.82) is 0 Å². The zero-order chi connectivity index (χ0) is 19.1. The fraction of sp³-hybridized carbons (Fsp3) is 0.389. The van der Waals surface area contributed by atoms with Gasteiger partial charge in [0.1, 0.15) is 0 Å². The van der Waals surface area contributed by atoms with E-state index in [1.807, 2.05) is 11.4 Å². The van der Waals surface area contributed by atoms with Crippen LogP contribution in [0.1, 0.15) is 10.9 Å². The average Bonchev–Trinajstić information content (AvgIpc) is 3.22. The van der Waals surface area contributed by atoms with Gasteiger partial charge in [-0.05, 0) is 17.5 Å². The van der Waals surface area contributed by atoms with Gasteiger partial charge in [-0.25, -0.2) is 0 Å². The highest BCUT2D eigenvalue weighted by atomic mass is 32.1. The molecule has 1 aliphatic heterocycles. The van der Waals surface area contributed by atoms with E-state index >= 15 is 0 Å². The second-order valence-electron chi connectivity index (χ2n) is 6.00. The molecule has 0 saturated carbocycles. The summed E-state index contributed by atoms with van der Waals surface area (Å²) in [6.45, 7) is 3.15. The van der Waals surface area contributed by atoms with Gasteiger partial charge in [-0.2, -0.15) is 0 Å². The first-order valence-electron chi connectivity index (χ1n) is 8.63. The Morgan fingerprint density at radius 1 is 1.30 bits per heavy atom. The number of ether oxygens (including phenoxy) is 2. The largest absolute Gasteiger partial charge is 0.477 e. The van der Waals surface area contributed by atoms with E-state index in [2.05, 4.69) is 16.3 Å². The summed E-state index contributed by atoms with van der Waals surface area (Å²) in [4.78, 5) is 26.1. The van der Waals surface area contributed by atoms with Crippen LogP contribution in [-0.4, -0.2) is 55.2 Å². The van der Waals surface area contributed by atoms with Gasteiger partial charge in [0.15, 0.2) is 12.4 Å². The van der Waals surface area contributed by atoms with Crippen LogP contribution in [0.15, 0.2) is 41.8 Å². The van der Waals surface area contributed by atoms with Gasteiger partial charge in [-0.3, -0.25) is 19.8 Å². The summed E-state index contributed by atoms with van der Waals surface area (Å²) in [7, 11) is 0. The molecule has 2 heterocycles. The molecular weight excluding hydrogens is 370 g/mol. The quantitative estimate of drug-likeness (QED) is 0.548. The van der Waals surface area contributed by atoms with Gasteiger partial charge in [0.25, 0.3) is 5.91 Å². The molecule has 1 N–H and O–H groups in total. The van der Waals surface area contributed by atoms with Crippen molar-refractivity contribution in [2.24, 2.45) is 0 Å². The van der Waals surface area contributed by atoms with Gasteiger partial charge in [-0.1, -0.05) is 18.2 Å². The number of carbonyl (C=O) groups excluding carboxylic acids is 1. The average molecular weight is 391 g/mol. The van der Waals surface area contributed by atoms with Crippen molar-refractivity contribution in [2.45, 2.75) is 6.04 Å². The molecule has 0 bridgehead atoms. The summed E-state index contributed by atoms with van der Waals surface area (Å²) < 4.78 is 10.8. The molecule has 144 valence electrons. The molecule has 0 radical (unpaired) electrons. The van der Waals surface area contributed by atoms with Crippen LogP contribution in [0.4, 0.5) is 5.69 Å². The monoisotopic (exact) mass is 391 g/mol. The van der Waals surface area contributed by atoms with Crippen LogP contribution in [0.25, 0.3) is 0 Å². The second-order valence-corrected chi connectivity index (χ2v) is 6.98. The summed E-state index contributed by atoms with van der Waals surface area (Å²) in [5.74, 6) is -0.233. The third kappa shape index (κ3) is 5.25. The number of morpholine rings is 1. The van der Waals surface area contributed by atoms with E-state index < -0.39 is 4.92 Å². The molecule has 3 rings (SSSR count). The molecule has 1 fully saturated rings. The van der Waals surface area contributed by atoms with Crippen LogP contribution in [-0.2, 0) is 9.53 Å². The number of para-hydroxylation sites is 2. The van der Waals surface area contributed by atoms with E-state index in [9.17, 15) is 14.9 Å². The van der Waals surface area contributed by atoms with Crippen molar-refractivity contribution in [3.05, 3.63) is 56.8 Å². The van der Waals surface area contributed by atoms with Crippen LogP contribution in [0.5, 0.6) is 5.75 Å². The molecule has 1 atom stereocenters. The number of thiophene rings is 1. The number of nitrogens with zero attached hydrogens (tertiary/aromatic N) is 2. The number of nitro benzene ring substituents is 1. The lowest BCUT2D eigenvalue weighted by molar-refractivity contribution is -0.385. The minimum atomic E-state index is -0.529. The highest BCUT2D eigenvalue weighted by molar-refractivity contribution is 7.10. The maximum absolute atomic E-state index is 12.2. The fourth-order valence-electron chi connectivity index (χ4n) is 2.91. The molecule has 8 nitrogen and oxygen atoms in total. The van der Waals surface area contributed by atoms with E-state index in [1.165, 1.54) is 17.0 Å². The maximum Gasteiger partial charge on any atom is 0.310 e. The molecule has 2 aromatic rings. The third-order valence-electron chi connectivity index (χ3n) is 4.27. The molecule has 1 aromatic carbocycles. The van der Waals surface area contributed by atoms with Gasteiger partial charge in [0.2, 0.25) is 0 Å². The minimum absolute atomic E-state index is 0.0731. The van der Waals surface area contributed by atoms with Crippen LogP contribution in [0.3, 0.4) is 0 Å². The Hall–Kier alpha value is -2.49. The predicted octanol–water partition coefficient (Wildman–Crippen LogP) is 2.22. The third-order valence-corrected chi connectivity index (χ3v) is 5.24. The molecule has 0 unspecified atom stereocenters. The highest BCUT2D eigenvalue weighted by Gasteiger charge is 2.24. The Morgan fingerprint density at radius 2 is 2.07 bits per heavy atom. The Kier molecular flexibility index (Phi) is 6.74. The van der Waals surface area contributed by atoms with Gasteiger partial charge in [0, 0.05) is 30.6 Å². The number of hydrogen-bond donors (Lipinski definition) is 1. The molecule has 0 aliphatic carbocycles. The van der Waals surface area contributed by atoms with E-state index in [4.69, 9.17) is 9.47 Å². The molecule has 0 spiro atoms. The topological polar surface area (TPSA) is 93.9 Å². The number of hydrogen-bond acceptors (Lipinski definition) is 7. The second kappa shape index (κ2) is 9.45. The Balaban J connectivity index is 1.56. The summed E-state index contributed by atoms with van der Waals surface area (Å²) in [6.07, 6.45) is 0. The summed E-state index contributed by atoms with van der Waals surface area (Å²) in [6, 6.07) is 10.1. The number of nitro groups is 1. The lowest BCUT2D eigenvalue weighted by Crippen LogP contribution is -2.44. The molecule has 1 aromatic heterocycles. The number of nitrogens with one attached hydrogen (secondary N) is 1. The standard InChI is InChI=1S/C18H21N3O5S/c22-18(13-26-16-5-2-1-4-14(16)21(23)24)19-12-15(17-6-3-11-27-17)20-7-9-25-10-8-20/h1-6,11,15H,7-10,12-13H2,(H,19,22)/t15-/m0/s1. The Labute approximate surface area is 160 Å². The Bertz CT molecular complexity index is 762. The molecule has 27 heavy (non-hydrogen) atoms. The molecule has 1 aliphatic rings. The number of amides is 1. The van der Waals surface area contributed by atoms with Crippen molar-refractivity contribution in [3.63, 3.8) is 0 Å². The van der Waals surface area contributed by atoms with E-state index in [0.29, 0.717) is 19.8 Å². The molecule has 9 heteroatoms. The smallest absolute Gasteiger partial charge is 0.310 e. The Morgan fingerprint density at radius 3 is 2.78 bits per heavy atom. The first-order chi connectivity index (χ1) is 13.1. The lowest BCUT2D eigenvalue weighted by atomic mass is 10.2. The first kappa shape index (κ1) is 19.3. The molecule has 1 saturated heterocycles. The van der Waals surface area contributed by atoms with E-state index in [0.717, 1.165) is 13.1 Å². The number of benzene rings is 1. The summed E-state index contributed by atoms with van der Waals surface area (Å²) in [5, 5.41) is 15.9. The van der Waals surface area contributed by atoms with Crippen molar-refractivity contribution in [1.82, 2.24) is 10.2 Å². The van der Waals surface area contributed by atoms with Crippen LogP contribution in [0.2, 0.25) is 0 Å². The number of rotatable bonds is 8. The van der Waals surface area contributed by atoms with E-state index in [-0.39, 0.29) is 30.0 Å². The lowest BCUT2D eigenvalue weighted by Gasteiger charge is -2.34. The van der Waals surface area contributed by atoms with E-state index in [1.54, 1.807) is 23.5 Å². The van der Waals surface area contributed by atoms with Gasteiger partial charge in [-0.15, -0.1) is 11.3 Å². The van der Waals surface area contributed by atoms with Crippen LogP contribution >= 0.6 is 11.3 Å². The van der Waals surface area contributed by atoms with Crippen molar-refractivity contribution in [3.8, 4) is 5.75 Å². The van der Waals surface area contributed by atoms with Crippen molar-refractivity contribution < 1.29 is 19.2 Å². The van der Waals surface area contributed by atoms with Crippen LogP contribution < -0.4 is 10.1 Å². The van der Waals surface area contributed by atoms with Crippen molar-refractivity contribution >= 4 is 22.9 Å². The minimum Gasteiger partial charge on any atom is -0.477 e. The molecule has 1 amide bonds. The van der Waals surface area contributed by atoms with Gasteiger partial charge in [0.05, 0.1) is 24.2 Å². The van der Waals surface area contributed by atoms with Gasteiger partial charge >= 0.3 is 5.69 Å². The zero-order valence-corrected chi connectivity index (χ0v) is 15.5. The SMILES string of the molecule is O=C(COc1ccccc1[N+](=O)[O-])NC[C@@H](c1cccs1)N1CCOCC1. The predicted molar refractivity (Wildman–Crippen MR) is 101 cm³/mol. The number of carbonyl (C=O) groups is 1.